The first-order chi connectivity index (χ1) is 11.8. The summed E-state index contributed by atoms with van der Waals surface area (Å²) in [5.41, 5.74) is 3.58. The van der Waals surface area contributed by atoms with E-state index in [2.05, 4.69) is 42.4 Å². The van der Waals surface area contributed by atoms with Gasteiger partial charge in [0.2, 0.25) is 0 Å². The van der Waals surface area contributed by atoms with Crippen LogP contribution in [0.5, 0.6) is 11.5 Å². The van der Waals surface area contributed by atoms with Gasteiger partial charge in [0.25, 0.3) is 0 Å². The van der Waals surface area contributed by atoms with Crippen LogP contribution >= 0.6 is 31.9 Å². The van der Waals surface area contributed by atoms with Crippen molar-refractivity contribution in [3.8, 4) is 11.5 Å². The molecule has 25 heavy (non-hydrogen) atoms. The van der Waals surface area contributed by atoms with Gasteiger partial charge in [0.05, 0.1) is 10.2 Å². The molecule has 0 aliphatic heterocycles. The van der Waals surface area contributed by atoms with E-state index in [1.54, 1.807) is 13.0 Å². The lowest BCUT2D eigenvalue weighted by molar-refractivity contribution is 0.0929. The lowest BCUT2D eigenvalue weighted by atomic mass is 10.1. The van der Waals surface area contributed by atoms with E-state index >= 15 is 0 Å². The predicted molar refractivity (Wildman–Crippen MR) is 101 cm³/mol. The number of phenols is 2. The highest BCUT2D eigenvalue weighted by Gasteiger charge is 2.15. The minimum absolute atomic E-state index is 0.0126. The first-order valence-electron chi connectivity index (χ1n) is 7.10. The van der Waals surface area contributed by atoms with Crippen LogP contribution in [0.15, 0.2) is 54.9 Å². The van der Waals surface area contributed by atoms with Crippen LogP contribution in [0.4, 0.5) is 0 Å². The fourth-order valence-electron chi connectivity index (χ4n) is 2.25. The van der Waals surface area contributed by atoms with Gasteiger partial charge in [-0.05, 0) is 59.3 Å². The van der Waals surface area contributed by atoms with Crippen LogP contribution in [-0.2, 0) is 0 Å². The molecule has 3 rings (SSSR count). The number of furan rings is 1. The Morgan fingerprint density at radius 2 is 1.92 bits per heavy atom. The van der Waals surface area contributed by atoms with Crippen molar-refractivity contribution in [2.24, 2.45) is 5.10 Å². The zero-order chi connectivity index (χ0) is 18.1. The molecule has 0 saturated heterocycles. The third-order valence-corrected chi connectivity index (χ3v) is 4.50. The van der Waals surface area contributed by atoms with Gasteiger partial charge in [-0.2, -0.15) is 5.10 Å². The Hall–Kier alpha value is -2.32. The summed E-state index contributed by atoms with van der Waals surface area (Å²) in [4.78, 5) is 12.2. The molecule has 8 heteroatoms. The molecule has 0 saturated carbocycles. The Bertz CT molecular complexity index is 1010. The lowest BCUT2D eigenvalue weighted by Gasteiger charge is -2.05. The summed E-state index contributed by atoms with van der Waals surface area (Å²) in [6, 6.07) is 9.32. The first kappa shape index (κ1) is 17.5. The van der Waals surface area contributed by atoms with Crippen LogP contribution in [0.2, 0.25) is 0 Å². The van der Waals surface area contributed by atoms with Crippen molar-refractivity contribution in [2.75, 3.05) is 0 Å². The molecule has 0 atom stereocenters. The second-order valence-electron chi connectivity index (χ2n) is 5.26. The van der Waals surface area contributed by atoms with Crippen LogP contribution in [0.25, 0.3) is 11.0 Å². The van der Waals surface area contributed by atoms with E-state index in [0.717, 1.165) is 14.3 Å². The van der Waals surface area contributed by atoms with Crippen molar-refractivity contribution in [3.63, 3.8) is 0 Å². The number of hydrogen-bond acceptors (Lipinski definition) is 5. The van der Waals surface area contributed by atoms with Gasteiger partial charge >= 0.3 is 5.91 Å². The van der Waals surface area contributed by atoms with Crippen molar-refractivity contribution in [1.29, 1.82) is 0 Å². The topological polar surface area (TPSA) is 95.1 Å². The molecule has 3 aromatic rings. The van der Waals surface area contributed by atoms with Crippen molar-refractivity contribution in [2.45, 2.75) is 6.92 Å². The number of fused-ring (bicyclic) bond motifs is 1. The number of rotatable bonds is 3. The third kappa shape index (κ3) is 3.69. The zero-order valence-corrected chi connectivity index (χ0v) is 16.1. The largest absolute Gasteiger partial charge is 0.508 e. The van der Waals surface area contributed by atoms with Crippen LogP contribution in [0.1, 0.15) is 23.0 Å². The third-order valence-electron chi connectivity index (χ3n) is 3.45. The highest BCUT2D eigenvalue weighted by Crippen LogP contribution is 2.31. The van der Waals surface area contributed by atoms with Gasteiger partial charge in [0.15, 0.2) is 5.76 Å². The first-order valence-corrected chi connectivity index (χ1v) is 8.69. The number of hydrogen-bond donors (Lipinski definition) is 3. The number of amides is 1. The maximum atomic E-state index is 12.2. The molecule has 128 valence electrons. The molecule has 1 amide bonds. The highest BCUT2D eigenvalue weighted by molar-refractivity contribution is 9.11. The van der Waals surface area contributed by atoms with Crippen molar-refractivity contribution < 1.29 is 19.4 Å². The molecule has 1 aromatic heterocycles. The molecule has 1 heterocycles. The average Bonchev–Trinajstić information content (AvgIpc) is 2.99. The van der Waals surface area contributed by atoms with E-state index in [0.29, 0.717) is 16.9 Å². The summed E-state index contributed by atoms with van der Waals surface area (Å²) in [7, 11) is 0. The number of halogens is 2. The number of benzene rings is 2. The molecule has 0 radical (unpaired) electrons. The molecule has 0 aliphatic carbocycles. The van der Waals surface area contributed by atoms with Gasteiger partial charge in [0, 0.05) is 15.4 Å². The van der Waals surface area contributed by atoms with Crippen molar-refractivity contribution in [1.82, 2.24) is 5.43 Å². The van der Waals surface area contributed by atoms with Gasteiger partial charge in [-0.1, -0.05) is 15.9 Å². The molecular formula is C17H12Br2N2O4. The number of carbonyl (C=O) groups is 1. The van der Waals surface area contributed by atoms with Gasteiger partial charge in [-0.3, -0.25) is 4.79 Å². The van der Waals surface area contributed by atoms with Gasteiger partial charge in [-0.25, -0.2) is 5.43 Å². The number of nitrogens with one attached hydrogen (secondary N) is 1. The second kappa shape index (κ2) is 6.89. The van der Waals surface area contributed by atoms with E-state index in [4.69, 9.17) is 4.42 Å². The standard InChI is InChI=1S/C17H12Br2N2O4/c1-8(12-7-11(22)2-3-14(12)23)20-21-17(24)15-5-9-4-10(18)6-13(19)16(9)25-15/h2-7,22-23H,1H3,(H,21,24)/b20-8+. The van der Waals surface area contributed by atoms with Crippen LogP contribution in [0.3, 0.4) is 0 Å². The molecular weight excluding hydrogens is 456 g/mol. The maximum Gasteiger partial charge on any atom is 0.307 e. The molecule has 6 nitrogen and oxygen atoms in total. The summed E-state index contributed by atoms with van der Waals surface area (Å²) in [5.74, 6) is -0.490. The number of hydrazone groups is 1. The Labute approximate surface area is 159 Å². The molecule has 0 fully saturated rings. The minimum atomic E-state index is -0.529. The monoisotopic (exact) mass is 466 g/mol. The number of carbonyl (C=O) groups excluding carboxylic acids is 1. The van der Waals surface area contributed by atoms with Crippen LogP contribution < -0.4 is 5.43 Å². The molecule has 0 aliphatic rings. The maximum absolute atomic E-state index is 12.2. The summed E-state index contributed by atoms with van der Waals surface area (Å²) in [6.45, 7) is 1.60. The molecule has 0 spiro atoms. The van der Waals surface area contributed by atoms with Crippen molar-refractivity contribution >= 4 is 54.4 Å². The smallest absolute Gasteiger partial charge is 0.307 e. The molecule has 2 aromatic carbocycles. The molecule has 0 unspecified atom stereocenters. The van der Waals surface area contributed by atoms with E-state index in [-0.39, 0.29) is 17.3 Å². The number of phenolic OH excluding ortho intramolecular Hbond substituents is 2. The summed E-state index contributed by atoms with van der Waals surface area (Å²) >= 11 is 6.76. The van der Waals surface area contributed by atoms with Crippen LogP contribution in [0, 0.1) is 0 Å². The Morgan fingerprint density at radius 3 is 2.68 bits per heavy atom. The normalized spacial score (nSPS) is 11.7. The summed E-state index contributed by atoms with van der Waals surface area (Å²) < 4.78 is 7.14. The average molecular weight is 468 g/mol. The van der Waals surface area contributed by atoms with Crippen LogP contribution in [-0.4, -0.2) is 21.8 Å². The Balaban J connectivity index is 1.85. The van der Waals surface area contributed by atoms with E-state index in [1.807, 2.05) is 12.1 Å². The predicted octanol–water partition coefficient (Wildman–Crippen LogP) is 4.52. The second-order valence-corrected chi connectivity index (χ2v) is 7.03. The van der Waals surface area contributed by atoms with E-state index in [9.17, 15) is 15.0 Å². The molecule has 3 N–H and O–H groups in total. The minimum Gasteiger partial charge on any atom is -0.508 e. The Kier molecular flexibility index (Phi) is 4.82. The van der Waals surface area contributed by atoms with E-state index < -0.39 is 5.91 Å². The molecule has 0 bridgehead atoms. The van der Waals surface area contributed by atoms with Gasteiger partial charge in [-0.15, -0.1) is 0 Å². The van der Waals surface area contributed by atoms with Gasteiger partial charge in [0.1, 0.15) is 17.1 Å². The van der Waals surface area contributed by atoms with Gasteiger partial charge < -0.3 is 14.6 Å². The Morgan fingerprint density at radius 1 is 1.16 bits per heavy atom. The fraction of sp³-hybridized carbons (Fsp3) is 0.0588. The quantitative estimate of drug-likeness (QED) is 0.299. The lowest BCUT2D eigenvalue weighted by Crippen LogP contribution is -2.18. The summed E-state index contributed by atoms with van der Waals surface area (Å²) in [5, 5.41) is 24.0. The zero-order valence-electron chi connectivity index (χ0n) is 12.9. The van der Waals surface area contributed by atoms with E-state index in [1.165, 1.54) is 18.2 Å². The SMILES string of the molecule is C/C(=N\NC(=O)c1cc2cc(Br)cc(Br)c2o1)c1cc(O)ccc1O. The number of aromatic hydroxyl groups is 2. The fourth-order valence-corrected chi connectivity index (χ4v) is 3.59. The number of nitrogens with zero attached hydrogens (tertiary/aromatic N) is 1. The highest BCUT2D eigenvalue weighted by atomic mass is 79.9. The summed E-state index contributed by atoms with van der Waals surface area (Å²) in [6.07, 6.45) is 0. The van der Waals surface area contributed by atoms with Crippen molar-refractivity contribution in [3.05, 3.63) is 56.7 Å².